The van der Waals surface area contributed by atoms with Gasteiger partial charge in [0.05, 0.1) is 36.4 Å². The van der Waals surface area contributed by atoms with Crippen molar-refractivity contribution in [2.24, 2.45) is 0 Å². The van der Waals surface area contributed by atoms with Crippen LogP contribution >= 0.6 is 0 Å². The van der Waals surface area contributed by atoms with Crippen LogP contribution in [-0.2, 0) is 11.3 Å². The molecular weight excluding hydrogens is 460 g/mol. The molecule has 0 saturated carbocycles. The van der Waals surface area contributed by atoms with Crippen molar-refractivity contribution in [1.29, 1.82) is 0 Å². The van der Waals surface area contributed by atoms with E-state index < -0.39 is 35.3 Å². The minimum atomic E-state index is -0.815. The molecule has 0 radical (unpaired) electrons. The molecule has 8 nitrogen and oxygen atoms in total. The Morgan fingerprint density at radius 1 is 1.00 bits per heavy atom. The lowest BCUT2D eigenvalue weighted by Gasteiger charge is -2.16. The highest BCUT2D eigenvalue weighted by molar-refractivity contribution is 6.10. The third-order valence-electron chi connectivity index (χ3n) is 5.29. The van der Waals surface area contributed by atoms with Gasteiger partial charge in [0.15, 0.2) is 17.3 Å². The largest absolute Gasteiger partial charge is 0.493 e. The molecule has 0 unspecified atom stereocenters. The summed E-state index contributed by atoms with van der Waals surface area (Å²) in [5.74, 6) is -2.28. The number of aromatic nitrogens is 2. The zero-order chi connectivity index (χ0) is 25.1. The van der Waals surface area contributed by atoms with E-state index in [1.165, 1.54) is 61.6 Å². The fourth-order valence-electron chi connectivity index (χ4n) is 3.61. The van der Waals surface area contributed by atoms with Crippen molar-refractivity contribution < 1.29 is 27.8 Å². The minimum absolute atomic E-state index is 0.104. The Labute approximate surface area is 197 Å². The molecule has 0 aliphatic rings. The Morgan fingerprint density at radius 2 is 1.69 bits per heavy atom. The van der Waals surface area contributed by atoms with Crippen LogP contribution in [0, 0.1) is 11.6 Å². The number of carbonyl (C=O) groups excluding carboxylic acids is 2. The Balaban J connectivity index is 1.84. The summed E-state index contributed by atoms with van der Waals surface area (Å²) >= 11 is 0. The van der Waals surface area contributed by atoms with E-state index >= 15 is 0 Å². The fourth-order valence-corrected chi connectivity index (χ4v) is 3.61. The number of hydrogen-bond donors (Lipinski definition) is 1. The number of nitrogens with zero attached hydrogens (tertiary/aromatic N) is 2. The fraction of sp³-hybridized carbons (Fsp3) is 0.120. The van der Waals surface area contributed by atoms with Gasteiger partial charge in [0.1, 0.15) is 18.2 Å². The van der Waals surface area contributed by atoms with Crippen molar-refractivity contribution in [2.75, 3.05) is 19.5 Å². The molecule has 10 heteroatoms. The predicted molar refractivity (Wildman–Crippen MR) is 124 cm³/mol. The first-order valence-electron chi connectivity index (χ1n) is 10.3. The lowest BCUT2D eigenvalue weighted by molar-refractivity contribution is -0.116. The zero-order valence-electron chi connectivity index (χ0n) is 18.7. The highest BCUT2D eigenvalue weighted by Gasteiger charge is 2.20. The summed E-state index contributed by atoms with van der Waals surface area (Å²) in [4.78, 5) is 43.0. The number of benzene rings is 2. The Morgan fingerprint density at radius 3 is 2.37 bits per heavy atom. The molecule has 2 aromatic heterocycles. The van der Waals surface area contributed by atoms with Crippen molar-refractivity contribution >= 4 is 28.3 Å². The van der Waals surface area contributed by atoms with Crippen molar-refractivity contribution in [1.82, 2.24) is 9.55 Å². The lowest BCUT2D eigenvalue weighted by atomic mass is 10.0. The van der Waals surface area contributed by atoms with Gasteiger partial charge in [0.2, 0.25) is 11.3 Å². The van der Waals surface area contributed by atoms with Gasteiger partial charge in [-0.25, -0.2) is 8.78 Å². The molecule has 0 bridgehead atoms. The molecule has 0 atom stereocenters. The molecule has 0 aliphatic carbocycles. The number of hydrogen-bond acceptors (Lipinski definition) is 6. The van der Waals surface area contributed by atoms with Crippen LogP contribution in [0.5, 0.6) is 11.5 Å². The number of amides is 1. The number of rotatable bonds is 7. The molecule has 2 aromatic carbocycles. The summed E-state index contributed by atoms with van der Waals surface area (Å²) in [7, 11) is 2.81. The zero-order valence-corrected chi connectivity index (χ0v) is 18.7. The van der Waals surface area contributed by atoms with Gasteiger partial charge in [-0.05, 0) is 30.3 Å². The first-order valence-corrected chi connectivity index (χ1v) is 10.3. The van der Waals surface area contributed by atoms with Gasteiger partial charge < -0.3 is 19.4 Å². The number of ketones is 1. The number of pyridine rings is 2. The van der Waals surface area contributed by atoms with Crippen molar-refractivity contribution in [2.45, 2.75) is 6.54 Å². The van der Waals surface area contributed by atoms with Crippen LogP contribution in [0.4, 0.5) is 14.5 Å². The second-order valence-electron chi connectivity index (χ2n) is 7.46. The van der Waals surface area contributed by atoms with Gasteiger partial charge in [-0.2, -0.15) is 0 Å². The standard InChI is InChI=1S/C25H19F2N3O5/c1-34-21-10-16-20(11-22(21)35-2)30(13-23(31)29-19-9-15(26)3-4-18(19)27)12-17(25(16)33)24(32)14-5-7-28-8-6-14/h3-12H,13H2,1-2H3,(H,29,31). The second kappa shape index (κ2) is 9.72. The summed E-state index contributed by atoms with van der Waals surface area (Å²) < 4.78 is 39.5. The molecule has 0 spiro atoms. The Bertz CT molecular complexity index is 1500. The van der Waals surface area contributed by atoms with E-state index in [0.717, 1.165) is 18.2 Å². The van der Waals surface area contributed by atoms with Crippen LogP contribution in [0.1, 0.15) is 15.9 Å². The molecular formula is C25H19F2N3O5. The van der Waals surface area contributed by atoms with Gasteiger partial charge in [0.25, 0.3) is 0 Å². The van der Waals surface area contributed by atoms with Crippen molar-refractivity contribution in [3.8, 4) is 11.5 Å². The molecule has 1 amide bonds. The second-order valence-corrected chi connectivity index (χ2v) is 7.46. The maximum absolute atomic E-state index is 14.0. The van der Waals surface area contributed by atoms with Crippen LogP contribution in [0.15, 0.2) is 65.8 Å². The van der Waals surface area contributed by atoms with Gasteiger partial charge in [0, 0.05) is 36.3 Å². The molecule has 0 aliphatic heterocycles. The number of halogens is 2. The van der Waals surface area contributed by atoms with E-state index in [1.807, 2.05) is 0 Å². The van der Waals surface area contributed by atoms with Gasteiger partial charge in [-0.3, -0.25) is 19.4 Å². The van der Waals surface area contributed by atoms with Crippen LogP contribution < -0.4 is 20.2 Å². The molecule has 35 heavy (non-hydrogen) atoms. The van der Waals surface area contributed by atoms with Crippen molar-refractivity contribution in [3.05, 3.63) is 94.0 Å². The number of ether oxygens (including phenoxy) is 2. The normalized spacial score (nSPS) is 10.7. The number of anilines is 1. The molecule has 4 aromatic rings. The van der Waals surface area contributed by atoms with E-state index in [9.17, 15) is 23.2 Å². The number of fused-ring (bicyclic) bond motifs is 1. The van der Waals surface area contributed by atoms with Gasteiger partial charge >= 0.3 is 0 Å². The minimum Gasteiger partial charge on any atom is -0.493 e. The molecule has 1 N–H and O–H groups in total. The predicted octanol–water partition coefficient (Wildman–Crippen LogP) is 3.56. The van der Waals surface area contributed by atoms with Crippen LogP contribution in [-0.4, -0.2) is 35.5 Å². The highest BCUT2D eigenvalue weighted by atomic mass is 19.1. The smallest absolute Gasteiger partial charge is 0.244 e. The van der Waals surface area contributed by atoms with E-state index in [4.69, 9.17) is 9.47 Å². The average molecular weight is 479 g/mol. The summed E-state index contributed by atoms with van der Waals surface area (Å²) in [6.45, 7) is -0.418. The maximum atomic E-state index is 14.0. The summed E-state index contributed by atoms with van der Waals surface area (Å²) in [6.07, 6.45) is 4.09. The van der Waals surface area contributed by atoms with E-state index in [2.05, 4.69) is 10.3 Å². The molecule has 0 saturated heterocycles. The number of methoxy groups -OCH3 is 2. The summed E-state index contributed by atoms with van der Waals surface area (Å²) in [5, 5.41) is 2.41. The molecule has 0 fully saturated rings. The van der Waals surface area contributed by atoms with Gasteiger partial charge in [-0.1, -0.05) is 0 Å². The summed E-state index contributed by atoms with van der Waals surface area (Å²) in [5.41, 5.74) is -0.604. The lowest BCUT2D eigenvalue weighted by Crippen LogP contribution is -2.24. The van der Waals surface area contributed by atoms with Crippen LogP contribution in [0.25, 0.3) is 10.9 Å². The quantitative estimate of drug-likeness (QED) is 0.407. The highest BCUT2D eigenvalue weighted by Crippen LogP contribution is 2.31. The topological polar surface area (TPSA) is 99.5 Å². The SMILES string of the molecule is COc1cc2c(=O)c(C(=O)c3ccncc3)cn(CC(=O)Nc3cc(F)ccc3F)c2cc1OC. The Kier molecular flexibility index (Phi) is 6.54. The maximum Gasteiger partial charge on any atom is 0.244 e. The third kappa shape index (κ3) is 4.72. The first kappa shape index (κ1) is 23.6. The number of nitrogens with one attached hydrogen (secondary N) is 1. The van der Waals surface area contributed by atoms with Crippen molar-refractivity contribution in [3.63, 3.8) is 0 Å². The molecule has 178 valence electrons. The average Bonchev–Trinajstić information content (AvgIpc) is 2.87. The van der Waals surface area contributed by atoms with E-state index in [0.29, 0.717) is 0 Å². The number of carbonyl (C=O) groups is 2. The van der Waals surface area contributed by atoms with Crippen LogP contribution in [0.3, 0.4) is 0 Å². The monoisotopic (exact) mass is 479 g/mol. The first-order chi connectivity index (χ1) is 16.8. The summed E-state index contributed by atoms with van der Waals surface area (Å²) in [6, 6.07) is 8.50. The molecule has 2 heterocycles. The van der Waals surface area contributed by atoms with Crippen LogP contribution in [0.2, 0.25) is 0 Å². The molecule has 4 rings (SSSR count). The van der Waals surface area contributed by atoms with E-state index in [1.54, 1.807) is 0 Å². The van der Waals surface area contributed by atoms with E-state index in [-0.39, 0.29) is 39.2 Å². The third-order valence-corrected chi connectivity index (χ3v) is 5.29. The van der Waals surface area contributed by atoms with Gasteiger partial charge in [-0.15, -0.1) is 0 Å². The Hall–Kier alpha value is -4.60.